The molecule has 0 saturated carbocycles. The first kappa shape index (κ1) is 14.6. The molecule has 102 valence electrons. The average molecular weight is 258 g/mol. The molecule has 0 aliphatic carbocycles. The second-order valence-corrected chi connectivity index (χ2v) is 3.73. The van der Waals surface area contributed by atoms with E-state index in [1.807, 2.05) is 13.8 Å². The number of carbonyl (C=O) groups is 3. The molecule has 0 aromatic heterocycles. The molecule has 4 amide bonds. The largest absolute Gasteiger partial charge is 0.353 e. The molecule has 1 aliphatic heterocycles. The zero-order valence-electron chi connectivity index (χ0n) is 10.8. The fourth-order valence-electron chi connectivity index (χ4n) is 1.63. The molecule has 7 nitrogen and oxygen atoms in total. The molecular weight excluding hydrogens is 240 g/mol. The third-order valence-electron chi connectivity index (χ3n) is 2.54. The summed E-state index contributed by atoms with van der Waals surface area (Å²) in [5.41, 5.74) is 0. The topological polar surface area (TPSA) is 76.2 Å². The van der Waals surface area contributed by atoms with Crippen molar-refractivity contribution >= 4 is 17.8 Å². The second kappa shape index (κ2) is 6.46. The van der Waals surface area contributed by atoms with Gasteiger partial charge >= 0.3 is 17.8 Å². The quantitative estimate of drug-likeness (QED) is 0.370. The van der Waals surface area contributed by atoms with Gasteiger partial charge in [0.15, 0.2) is 6.29 Å². The molecule has 0 N–H and O–H groups in total. The summed E-state index contributed by atoms with van der Waals surface area (Å²) in [4.78, 5) is 36.1. The Hall–Kier alpha value is -1.47. The summed E-state index contributed by atoms with van der Waals surface area (Å²) in [7, 11) is 1.28. The lowest BCUT2D eigenvalue weighted by atomic mass is 10.3. The van der Waals surface area contributed by atoms with E-state index < -0.39 is 24.1 Å². The van der Waals surface area contributed by atoms with Crippen molar-refractivity contribution in [3.8, 4) is 0 Å². The molecule has 7 heteroatoms. The van der Waals surface area contributed by atoms with E-state index in [1.54, 1.807) is 0 Å². The first-order chi connectivity index (χ1) is 8.52. The number of hydrogen-bond acceptors (Lipinski definition) is 5. The van der Waals surface area contributed by atoms with Gasteiger partial charge in [-0.3, -0.25) is 19.4 Å². The Kier molecular flexibility index (Phi) is 5.24. The fraction of sp³-hybridized carbons (Fsp3) is 0.727. The van der Waals surface area contributed by atoms with Crippen molar-refractivity contribution in [2.75, 3.05) is 26.8 Å². The van der Waals surface area contributed by atoms with E-state index in [-0.39, 0.29) is 6.54 Å². The Balaban J connectivity index is 2.54. The van der Waals surface area contributed by atoms with E-state index >= 15 is 0 Å². The van der Waals surface area contributed by atoms with Gasteiger partial charge in [-0.1, -0.05) is 0 Å². The SMILES string of the molecule is CCOC(CCN1C(=O)C(=O)N(C)C1=O)OCC. The molecule has 1 fully saturated rings. The van der Waals surface area contributed by atoms with Gasteiger partial charge in [0.1, 0.15) is 0 Å². The number of hydrogen-bond donors (Lipinski definition) is 0. The van der Waals surface area contributed by atoms with Crippen LogP contribution in [0.3, 0.4) is 0 Å². The average Bonchev–Trinajstić information content (AvgIpc) is 2.53. The highest BCUT2D eigenvalue weighted by atomic mass is 16.7. The summed E-state index contributed by atoms with van der Waals surface area (Å²) in [6.45, 7) is 4.72. The Bertz CT molecular complexity index is 338. The van der Waals surface area contributed by atoms with Crippen molar-refractivity contribution in [1.29, 1.82) is 0 Å². The molecule has 0 atom stereocenters. The zero-order chi connectivity index (χ0) is 13.7. The molecule has 0 radical (unpaired) electrons. The molecule has 1 heterocycles. The number of ether oxygens (including phenoxy) is 2. The van der Waals surface area contributed by atoms with Gasteiger partial charge in [-0.05, 0) is 13.8 Å². The van der Waals surface area contributed by atoms with Crippen LogP contribution in [0.15, 0.2) is 0 Å². The number of carbonyl (C=O) groups excluding carboxylic acids is 3. The summed E-state index contributed by atoms with van der Waals surface area (Å²) in [6.07, 6.45) is -0.123. The molecule has 0 aromatic carbocycles. The third-order valence-corrected chi connectivity index (χ3v) is 2.54. The predicted molar refractivity (Wildman–Crippen MR) is 61.5 cm³/mol. The lowest BCUT2D eigenvalue weighted by Crippen LogP contribution is -2.35. The highest BCUT2D eigenvalue weighted by Crippen LogP contribution is 2.12. The summed E-state index contributed by atoms with van der Waals surface area (Å²) in [5.74, 6) is -1.60. The van der Waals surface area contributed by atoms with E-state index in [0.29, 0.717) is 19.6 Å². The van der Waals surface area contributed by atoms with Crippen LogP contribution in [0, 0.1) is 0 Å². The Morgan fingerprint density at radius 3 is 2.00 bits per heavy atom. The fourth-order valence-corrected chi connectivity index (χ4v) is 1.63. The number of nitrogens with zero attached hydrogens (tertiary/aromatic N) is 2. The van der Waals surface area contributed by atoms with Crippen LogP contribution in [-0.4, -0.2) is 60.7 Å². The predicted octanol–water partition coefficient (Wildman–Crippen LogP) is 0.196. The smallest absolute Gasteiger partial charge is 0.333 e. The summed E-state index contributed by atoms with van der Waals surface area (Å²) in [6, 6.07) is -0.600. The minimum absolute atomic E-state index is 0.110. The number of urea groups is 1. The van der Waals surface area contributed by atoms with E-state index in [2.05, 4.69) is 0 Å². The standard InChI is InChI=1S/C11H18N2O5/c1-4-17-8(18-5-2)6-7-13-10(15)9(14)12(3)11(13)16/h8H,4-7H2,1-3H3. The minimum Gasteiger partial charge on any atom is -0.353 e. The van der Waals surface area contributed by atoms with Crippen LogP contribution in [0.2, 0.25) is 0 Å². The Morgan fingerprint density at radius 2 is 1.61 bits per heavy atom. The Morgan fingerprint density at radius 1 is 1.06 bits per heavy atom. The van der Waals surface area contributed by atoms with Crippen molar-refractivity contribution in [1.82, 2.24) is 9.80 Å². The van der Waals surface area contributed by atoms with Crippen LogP contribution in [0.25, 0.3) is 0 Å². The summed E-state index contributed by atoms with van der Waals surface area (Å²) in [5, 5.41) is 0. The molecule has 1 aliphatic rings. The maximum absolute atomic E-state index is 11.6. The molecule has 0 spiro atoms. The molecule has 1 saturated heterocycles. The van der Waals surface area contributed by atoms with Crippen LogP contribution in [0.4, 0.5) is 4.79 Å². The molecule has 0 aromatic rings. The second-order valence-electron chi connectivity index (χ2n) is 3.73. The number of rotatable bonds is 7. The molecule has 0 unspecified atom stereocenters. The summed E-state index contributed by atoms with van der Waals surface area (Å²) >= 11 is 0. The lowest BCUT2D eigenvalue weighted by Gasteiger charge is -2.19. The first-order valence-corrected chi connectivity index (χ1v) is 5.89. The molecular formula is C11H18N2O5. The normalized spacial score (nSPS) is 16.3. The van der Waals surface area contributed by atoms with Gasteiger partial charge in [-0.2, -0.15) is 0 Å². The summed E-state index contributed by atoms with van der Waals surface area (Å²) < 4.78 is 10.6. The van der Waals surface area contributed by atoms with Crippen molar-refractivity contribution < 1.29 is 23.9 Å². The maximum atomic E-state index is 11.6. The number of imide groups is 2. The third kappa shape index (κ3) is 3.05. The van der Waals surface area contributed by atoms with Crippen LogP contribution < -0.4 is 0 Å². The molecule has 0 bridgehead atoms. The molecule has 1 rings (SSSR count). The monoisotopic (exact) mass is 258 g/mol. The van der Waals surface area contributed by atoms with E-state index in [9.17, 15) is 14.4 Å². The number of likely N-dealkylation sites (N-methyl/N-ethyl adjacent to an activating group) is 1. The number of amides is 4. The van der Waals surface area contributed by atoms with Gasteiger partial charge in [0.05, 0.1) is 0 Å². The van der Waals surface area contributed by atoms with Gasteiger partial charge in [0.2, 0.25) is 0 Å². The van der Waals surface area contributed by atoms with Gasteiger partial charge in [-0.15, -0.1) is 0 Å². The van der Waals surface area contributed by atoms with E-state index in [4.69, 9.17) is 9.47 Å². The highest BCUT2D eigenvalue weighted by molar-refractivity contribution is 6.44. The molecule has 18 heavy (non-hydrogen) atoms. The van der Waals surface area contributed by atoms with Crippen molar-refractivity contribution in [3.63, 3.8) is 0 Å². The van der Waals surface area contributed by atoms with Crippen LogP contribution in [0.1, 0.15) is 20.3 Å². The van der Waals surface area contributed by atoms with Gasteiger partial charge < -0.3 is 9.47 Å². The van der Waals surface area contributed by atoms with Crippen molar-refractivity contribution in [2.24, 2.45) is 0 Å². The highest BCUT2D eigenvalue weighted by Gasteiger charge is 2.42. The lowest BCUT2D eigenvalue weighted by molar-refractivity contribution is -0.147. The van der Waals surface area contributed by atoms with Crippen LogP contribution in [-0.2, 0) is 19.1 Å². The van der Waals surface area contributed by atoms with Crippen molar-refractivity contribution in [3.05, 3.63) is 0 Å². The van der Waals surface area contributed by atoms with Gasteiger partial charge in [0, 0.05) is 33.2 Å². The van der Waals surface area contributed by atoms with Crippen molar-refractivity contribution in [2.45, 2.75) is 26.6 Å². The first-order valence-electron chi connectivity index (χ1n) is 5.89. The Labute approximate surface area is 106 Å². The minimum atomic E-state index is -0.802. The zero-order valence-corrected chi connectivity index (χ0v) is 10.8. The maximum Gasteiger partial charge on any atom is 0.333 e. The van der Waals surface area contributed by atoms with E-state index in [0.717, 1.165) is 9.80 Å². The van der Waals surface area contributed by atoms with Crippen LogP contribution >= 0.6 is 0 Å². The van der Waals surface area contributed by atoms with Gasteiger partial charge in [-0.25, -0.2) is 4.79 Å². The van der Waals surface area contributed by atoms with E-state index in [1.165, 1.54) is 7.05 Å². The van der Waals surface area contributed by atoms with Crippen LogP contribution in [0.5, 0.6) is 0 Å². The van der Waals surface area contributed by atoms with Gasteiger partial charge in [0.25, 0.3) is 0 Å².